The standard InChI is InChI=1S/C18H16NO.C5H8O2.Ir/c1-12-5-4-6-16(13(12)2)18-9-7-14-11-15(20-3)8-10-17(14)19-18;1-4(6)3-5(2)7;/h4-5,7-11H,1-3H3;3,6H,1-2H3;/q-1;;/b;4-3-;. The Morgan fingerprint density at radius 2 is 1.86 bits per heavy atom. The molecule has 0 unspecified atom stereocenters. The number of aryl methyl sites for hydroxylation is 1. The first kappa shape index (κ1) is 23.5. The molecular weight excluding hydrogens is 530 g/mol. The molecule has 5 heteroatoms. The Morgan fingerprint density at radius 3 is 2.43 bits per heavy atom. The number of pyridine rings is 1. The van der Waals surface area contributed by atoms with Crippen LogP contribution in [0.4, 0.5) is 0 Å². The zero-order valence-corrected chi connectivity index (χ0v) is 19.1. The van der Waals surface area contributed by atoms with Crippen molar-refractivity contribution in [1.82, 2.24) is 4.98 Å². The molecule has 0 amide bonds. The van der Waals surface area contributed by atoms with Gasteiger partial charge in [0.15, 0.2) is 5.78 Å². The van der Waals surface area contributed by atoms with Gasteiger partial charge in [0.25, 0.3) is 0 Å². The molecule has 1 aromatic heterocycles. The second-order valence-electron chi connectivity index (χ2n) is 6.31. The zero-order valence-electron chi connectivity index (χ0n) is 16.7. The number of ether oxygens (including phenoxy) is 1. The fourth-order valence-electron chi connectivity index (χ4n) is 2.61. The number of allylic oxidation sites excluding steroid dienone is 2. The molecule has 0 fully saturated rings. The molecule has 3 rings (SSSR count). The van der Waals surface area contributed by atoms with Gasteiger partial charge in [-0.15, -0.1) is 34.9 Å². The Bertz CT molecular complexity index is 992. The molecule has 1 N–H and O–H groups in total. The van der Waals surface area contributed by atoms with Gasteiger partial charge in [-0.3, -0.25) is 9.78 Å². The van der Waals surface area contributed by atoms with E-state index in [1.54, 1.807) is 7.11 Å². The number of aliphatic hydroxyl groups excluding tert-OH is 1. The minimum atomic E-state index is -0.125. The summed E-state index contributed by atoms with van der Waals surface area (Å²) in [6.07, 6.45) is 1.17. The molecule has 0 aliphatic heterocycles. The molecule has 4 nitrogen and oxygen atoms in total. The van der Waals surface area contributed by atoms with E-state index in [9.17, 15) is 4.79 Å². The largest absolute Gasteiger partial charge is 0.512 e. The van der Waals surface area contributed by atoms with Crippen molar-refractivity contribution in [1.29, 1.82) is 0 Å². The van der Waals surface area contributed by atoms with Crippen molar-refractivity contribution in [2.75, 3.05) is 7.11 Å². The predicted molar refractivity (Wildman–Crippen MR) is 109 cm³/mol. The molecule has 28 heavy (non-hydrogen) atoms. The summed E-state index contributed by atoms with van der Waals surface area (Å²) in [6, 6.07) is 17.4. The SMILES string of the molecule is CC(=O)/C=C(/C)O.COc1ccc2nc(-c3[c-]ccc(C)c3C)ccc2c1.[Ir]. The molecule has 0 aliphatic rings. The molecule has 3 aromatic rings. The summed E-state index contributed by atoms with van der Waals surface area (Å²) in [5.41, 5.74) is 5.49. The molecule has 1 radical (unpaired) electrons. The first-order chi connectivity index (χ1) is 12.8. The molecule has 2 aromatic carbocycles. The number of fused-ring (bicyclic) bond motifs is 1. The minimum absolute atomic E-state index is 0. The van der Waals surface area contributed by atoms with Crippen LogP contribution in [0.2, 0.25) is 0 Å². The van der Waals surface area contributed by atoms with Crippen LogP contribution in [0, 0.1) is 19.9 Å². The fraction of sp³-hybridized carbons (Fsp3) is 0.217. The van der Waals surface area contributed by atoms with Crippen LogP contribution in [-0.2, 0) is 24.9 Å². The van der Waals surface area contributed by atoms with Gasteiger partial charge in [0.2, 0.25) is 0 Å². The Balaban J connectivity index is 0.000000425. The third kappa shape index (κ3) is 6.29. The summed E-state index contributed by atoms with van der Waals surface area (Å²) < 4.78 is 5.24. The normalized spacial score (nSPS) is 10.5. The van der Waals surface area contributed by atoms with Crippen molar-refractivity contribution in [3.8, 4) is 17.0 Å². The molecular formula is C23H24IrNO3-. The van der Waals surface area contributed by atoms with Crippen molar-refractivity contribution >= 4 is 16.7 Å². The van der Waals surface area contributed by atoms with Gasteiger partial charge in [0.1, 0.15) is 5.75 Å². The summed E-state index contributed by atoms with van der Waals surface area (Å²) >= 11 is 0. The molecule has 0 atom stereocenters. The third-order valence-corrected chi connectivity index (χ3v) is 4.09. The molecule has 0 saturated carbocycles. The summed E-state index contributed by atoms with van der Waals surface area (Å²) in [5.74, 6) is 0.790. The smallest absolute Gasteiger partial charge is 0.155 e. The zero-order chi connectivity index (χ0) is 20.0. The van der Waals surface area contributed by atoms with Crippen molar-refractivity contribution < 1.29 is 34.7 Å². The van der Waals surface area contributed by atoms with Gasteiger partial charge in [-0.2, -0.15) is 0 Å². The van der Waals surface area contributed by atoms with E-state index in [4.69, 9.17) is 14.8 Å². The maximum absolute atomic E-state index is 10.0. The molecule has 1 heterocycles. The number of carbonyl (C=O) groups excluding carboxylic acids is 1. The number of hydrogen-bond acceptors (Lipinski definition) is 4. The van der Waals surface area contributed by atoms with E-state index >= 15 is 0 Å². The number of aromatic nitrogens is 1. The number of rotatable bonds is 3. The van der Waals surface area contributed by atoms with E-state index in [2.05, 4.69) is 32.0 Å². The minimum Gasteiger partial charge on any atom is -0.512 e. The van der Waals surface area contributed by atoms with E-state index in [1.807, 2.05) is 30.3 Å². The van der Waals surface area contributed by atoms with Crippen molar-refractivity contribution in [3.63, 3.8) is 0 Å². The average Bonchev–Trinajstić information content (AvgIpc) is 2.62. The molecule has 0 bridgehead atoms. The van der Waals surface area contributed by atoms with Crippen molar-refractivity contribution in [2.24, 2.45) is 0 Å². The Labute approximate surface area is 179 Å². The number of ketones is 1. The summed E-state index contributed by atoms with van der Waals surface area (Å²) in [5, 5.41) is 9.44. The van der Waals surface area contributed by atoms with Crippen molar-refractivity contribution in [3.05, 3.63) is 71.5 Å². The average molecular weight is 555 g/mol. The van der Waals surface area contributed by atoms with Crippen LogP contribution in [0.1, 0.15) is 25.0 Å². The van der Waals surface area contributed by atoms with Crippen LogP contribution in [-0.4, -0.2) is 23.0 Å². The summed E-state index contributed by atoms with van der Waals surface area (Å²) in [6.45, 7) is 7.07. The number of carbonyl (C=O) groups is 1. The monoisotopic (exact) mass is 555 g/mol. The van der Waals surface area contributed by atoms with E-state index in [-0.39, 0.29) is 31.6 Å². The van der Waals surface area contributed by atoms with Gasteiger partial charge in [-0.1, -0.05) is 26.0 Å². The van der Waals surface area contributed by atoms with Gasteiger partial charge in [0.05, 0.1) is 18.4 Å². The Kier molecular flexibility index (Phi) is 9.04. The van der Waals surface area contributed by atoms with Crippen LogP contribution < -0.4 is 4.74 Å². The van der Waals surface area contributed by atoms with E-state index in [1.165, 1.54) is 31.1 Å². The maximum atomic E-state index is 10.0. The van der Waals surface area contributed by atoms with Gasteiger partial charge >= 0.3 is 0 Å². The first-order valence-electron chi connectivity index (χ1n) is 8.62. The Morgan fingerprint density at radius 1 is 1.14 bits per heavy atom. The van der Waals surface area contributed by atoms with Crippen LogP contribution in [0.25, 0.3) is 22.2 Å². The first-order valence-corrected chi connectivity index (χ1v) is 8.62. The predicted octanol–water partition coefficient (Wildman–Crippen LogP) is 5.36. The topological polar surface area (TPSA) is 59.4 Å². The second kappa shape index (κ2) is 10.7. The fourth-order valence-corrected chi connectivity index (χ4v) is 2.61. The molecule has 0 aliphatic carbocycles. The summed E-state index contributed by atoms with van der Waals surface area (Å²) in [4.78, 5) is 14.8. The van der Waals surface area contributed by atoms with Crippen LogP contribution in [0.5, 0.6) is 5.75 Å². The van der Waals surface area contributed by atoms with Gasteiger partial charge in [-0.25, -0.2) is 0 Å². The van der Waals surface area contributed by atoms with E-state index < -0.39 is 0 Å². The number of nitrogens with zero attached hydrogens (tertiary/aromatic N) is 1. The molecule has 0 saturated heterocycles. The quantitative estimate of drug-likeness (QED) is 0.269. The second-order valence-corrected chi connectivity index (χ2v) is 6.31. The Hall–Kier alpha value is -2.49. The van der Waals surface area contributed by atoms with Gasteiger partial charge in [-0.05, 0) is 37.7 Å². The van der Waals surface area contributed by atoms with Gasteiger partial charge in [0, 0.05) is 31.6 Å². The van der Waals surface area contributed by atoms with Crippen LogP contribution >= 0.6 is 0 Å². The van der Waals surface area contributed by atoms with Crippen molar-refractivity contribution in [2.45, 2.75) is 27.7 Å². The van der Waals surface area contributed by atoms with Crippen LogP contribution in [0.15, 0.2) is 54.3 Å². The number of benzene rings is 2. The third-order valence-electron chi connectivity index (χ3n) is 4.09. The van der Waals surface area contributed by atoms with E-state index in [0.29, 0.717) is 0 Å². The number of aliphatic hydroxyl groups is 1. The van der Waals surface area contributed by atoms with Gasteiger partial charge < -0.3 is 9.84 Å². The maximum Gasteiger partial charge on any atom is 0.155 e. The number of hydrogen-bond donors (Lipinski definition) is 1. The number of methoxy groups -OCH3 is 1. The molecule has 149 valence electrons. The van der Waals surface area contributed by atoms with E-state index in [0.717, 1.165) is 27.9 Å². The van der Waals surface area contributed by atoms with Crippen LogP contribution in [0.3, 0.4) is 0 Å². The molecule has 0 spiro atoms. The summed E-state index contributed by atoms with van der Waals surface area (Å²) in [7, 11) is 1.67.